The number of carbonyl (C=O) groups excluding carboxylic acids is 1. The molecule has 4 heteroatoms. The van der Waals surface area contributed by atoms with E-state index in [1.54, 1.807) is 0 Å². The minimum atomic E-state index is 0.0388. The molecule has 0 aromatic heterocycles. The maximum Gasteiger partial charge on any atom is 0.310 e. The summed E-state index contributed by atoms with van der Waals surface area (Å²) in [6.45, 7) is 16.1. The molecule has 4 aliphatic rings. The van der Waals surface area contributed by atoms with Crippen molar-refractivity contribution in [1.82, 2.24) is 4.90 Å². The summed E-state index contributed by atoms with van der Waals surface area (Å²) < 4.78 is 5.98. The van der Waals surface area contributed by atoms with E-state index in [-0.39, 0.29) is 23.4 Å². The van der Waals surface area contributed by atoms with Gasteiger partial charge in [0.15, 0.2) is 0 Å². The predicted molar refractivity (Wildman–Crippen MR) is 125 cm³/mol. The molecule has 0 bridgehead atoms. The summed E-state index contributed by atoms with van der Waals surface area (Å²) in [6, 6.07) is 6.74. The van der Waals surface area contributed by atoms with Crippen molar-refractivity contribution < 1.29 is 9.53 Å². The summed E-state index contributed by atoms with van der Waals surface area (Å²) in [5.41, 5.74) is 5.73. The Morgan fingerprint density at radius 2 is 1.97 bits per heavy atom. The van der Waals surface area contributed by atoms with Crippen LogP contribution in [0.15, 0.2) is 30.4 Å². The van der Waals surface area contributed by atoms with Gasteiger partial charge in [0.25, 0.3) is 0 Å². The lowest BCUT2D eigenvalue weighted by Crippen LogP contribution is -2.50. The number of rotatable bonds is 3. The van der Waals surface area contributed by atoms with Gasteiger partial charge in [0.1, 0.15) is 6.10 Å². The zero-order valence-electron chi connectivity index (χ0n) is 19.5. The smallest absolute Gasteiger partial charge is 0.310 e. The van der Waals surface area contributed by atoms with Crippen LogP contribution in [0.25, 0.3) is 0 Å². The van der Waals surface area contributed by atoms with E-state index in [1.165, 1.54) is 35.2 Å². The fourth-order valence-corrected chi connectivity index (χ4v) is 7.07. The largest absolute Gasteiger partial charge is 0.462 e. The standard InChI is InChI=1S/C27H38N2O2/c1-18-7-8-24(20(3)14-18)29-12-10-28(11-13-29)17-22-21-15-23-19(2)6-5-9-27(23,4)16-25(21)31-26(22)30/h7-8,14,21-23,25H,2,5-6,9-13,15-17H2,1,3-4H3/t21-,22-,23+,25+,27+/m0/s1. The Kier molecular flexibility index (Phi) is 5.40. The van der Waals surface area contributed by atoms with Crippen LogP contribution >= 0.6 is 0 Å². The van der Waals surface area contributed by atoms with E-state index in [4.69, 9.17) is 4.74 Å². The number of ether oxygens (including phenoxy) is 1. The second-order valence-electron chi connectivity index (χ2n) is 11.0. The molecule has 5 rings (SSSR count). The fraction of sp³-hybridized carbons (Fsp3) is 0.667. The van der Waals surface area contributed by atoms with Crippen molar-refractivity contribution in [1.29, 1.82) is 0 Å². The summed E-state index contributed by atoms with van der Waals surface area (Å²) in [5, 5.41) is 0. The summed E-state index contributed by atoms with van der Waals surface area (Å²) in [7, 11) is 0. The van der Waals surface area contributed by atoms with Crippen molar-refractivity contribution >= 4 is 11.7 Å². The average molecular weight is 423 g/mol. The van der Waals surface area contributed by atoms with E-state index < -0.39 is 0 Å². The average Bonchev–Trinajstić information content (AvgIpc) is 3.01. The topological polar surface area (TPSA) is 32.8 Å². The third-order valence-electron chi connectivity index (χ3n) is 8.84. The summed E-state index contributed by atoms with van der Waals surface area (Å²) >= 11 is 0. The van der Waals surface area contributed by atoms with Gasteiger partial charge in [-0.25, -0.2) is 0 Å². The molecule has 0 radical (unpaired) electrons. The molecule has 0 spiro atoms. The maximum absolute atomic E-state index is 12.9. The van der Waals surface area contributed by atoms with Crippen LogP contribution in [-0.4, -0.2) is 49.7 Å². The van der Waals surface area contributed by atoms with E-state index in [2.05, 4.69) is 55.3 Å². The van der Waals surface area contributed by atoms with Crippen LogP contribution in [0.1, 0.15) is 50.2 Å². The van der Waals surface area contributed by atoms with Crippen molar-refractivity contribution in [3.8, 4) is 0 Å². The van der Waals surface area contributed by atoms with E-state index in [9.17, 15) is 4.79 Å². The van der Waals surface area contributed by atoms with Gasteiger partial charge in [0.05, 0.1) is 5.92 Å². The number of esters is 1. The lowest BCUT2D eigenvalue weighted by atomic mass is 9.55. The minimum absolute atomic E-state index is 0.0388. The van der Waals surface area contributed by atoms with Gasteiger partial charge in [-0.15, -0.1) is 0 Å². The minimum Gasteiger partial charge on any atom is -0.462 e. The fourth-order valence-electron chi connectivity index (χ4n) is 7.07. The second kappa shape index (κ2) is 7.95. The van der Waals surface area contributed by atoms with Gasteiger partial charge < -0.3 is 9.64 Å². The number of aryl methyl sites for hydroxylation is 2. The van der Waals surface area contributed by atoms with Gasteiger partial charge in [-0.2, -0.15) is 0 Å². The number of benzene rings is 1. The molecule has 1 aromatic rings. The molecule has 2 saturated carbocycles. The zero-order chi connectivity index (χ0) is 21.8. The Hall–Kier alpha value is -1.81. The monoisotopic (exact) mass is 422 g/mol. The van der Waals surface area contributed by atoms with Crippen LogP contribution in [-0.2, 0) is 9.53 Å². The van der Waals surface area contributed by atoms with Gasteiger partial charge >= 0.3 is 5.97 Å². The van der Waals surface area contributed by atoms with Crippen molar-refractivity contribution in [2.24, 2.45) is 23.2 Å². The molecule has 31 heavy (non-hydrogen) atoms. The van der Waals surface area contributed by atoms with Gasteiger partial charge in [-0.1, -0.05) is 36.8 Å². The van der Waals surface area contributed by atoms with Gasteiger partial charge in [-0.05, 0) is 68.9 Å². The van der Waals surface area contributed by atoms with Crippen LogP contribution < -0.4 is 4.90 Å². The van der Waals surface area contributed by atoms with Crippen molar-refractivity contribution in [3.05, 3.63) is 41.5 Å². The predicted octanol–water partition coefficient (Wildman–Crippen LogP) is 4.74. The lowest BCUT2D eigenvalue weighted by Gasteiger charge is -2.50. The van der Waals surface area contributed by atoms with E-state index in [0.29, 0.717) is 11.8 Å². The van der Waals surface area contributed by atoms with E-state index >= 15 is 0 Å². The van der Waals surface area contributed by atoms with Crippen molar-refractivity contribution in [3.63, 3.8) is 0 Å². The molecule has 1 aromatic carbocycles. The third-order valence-corrected chi connectivity index (χ3v) is 8.84. The number of fused-ring (bicyclic) bond motifs is 2. The normalized spacial score (nSPS) is 36.2. The number of allylic oxidation sites excluding steroid dienone is 1. The number of anilines is 1. The zero-order valence-corrected chi connectivity index (χ0v) is 19.5. The van der Waals surface area contributed by atoms with Crippen LogP contribution in [0.4, 0.5) is 5.69 Å². The maximum atomic E-state index is 12.9. The molecular formula is C27H38N2O2. The quantitative estimate of drug-likeness (QED) is 0.520. The first-order chi connectivity index (χ1) is 14.8. The van der Waals surface area contributed by atoms with E-state index in [1.807, 2.05) is 0 Å². The summed E-state index contributed by atoms with van der Waals surface area (Å²) in [6.07, 6.45) is 5.91. The Morgan fingerprint density at radius 1 is 1.19 bits per heavy atom. The molecule has 0 amide bonds. The highest BCUT2D eigenvalue weighted by molar-refractivity contribution is 5.75. The Morgan fingerprint density at radius 3 is 2.71 bits per heavy atom. The number of piperazine rings is 1. The summed E-state index contributed by atoms with van der Waals surface area (Å²) in [4.78, 5) is 17.9. The first-order valence-electron chi connectivity index (χ1n) is 12.3. The van der Waals surface area contributed by atoms with Crippen LogP contribution in [0.2, 0.25) is 0 Å². The van der Waals surface area contributed by atoms with Crippen LogP contribution in [0.5, 0.6) is 0 Å². The highest BCUT2D eigenvalue weighted by Crippen LogP contribution is 2.56. The molecule has 4 fully saturated rings. The molecule has 0 unspecified atom stereocenters. The number of hydrogen-bond acceptors (Lipinski definition) is 4. The molecule has 5 atom stereocenters. The third kappa shape index (κ3) is 3.82. The number of hydrogen-bond donors (Lipinski definition) is 0. The molecule has 2 aliphatic carbocycles. The SMILES string of the molecule is C=C1CCC[C@]2(C)C[C@H]3OC(=O)[C@@H](CN4CCN(c5ccc(C)cc5C)CC4)[C@@H]3C[C@H]12. The Bertz CT molecular complexity index is 872. The summed E-state index contributed by atoms with van der Waals surface area (Å²) in [5.74, 6) is 1.04. The van der Waals surface area contributed by atoms with Crippen LogP contribution in [0.3, 0.4) is 0 Å². The van der Waals surface area contributed by atoms with E-state index in [0.717, 1.165) is 52.0 Å². The molecule has 168 valence electrons. The van der Waals surface area contributed by atoms with Crippen molar-refractivity contribution in [2.45, 2.75) is 59.0 Å². The first kappa shape index (κ1) is 21.1. The van der Waals surface area contributed by atoms with Gasteiger partial charge in [-0.3, -0.25) is 9.69 Å². The highest BCUT2D eigenvalue weighted by Gasteiger charge is 2.55. The molecule has 2 heterocycles. The molecular weight excluding hydrogens is 384 g/mol. The number of nitrogens with zero attached hydrogens (tertiary/aromatic N) is 2. The Balaban J connectivity index is 1.23. The molecule has 4 nitrogen and oxygen atoms in total. The first-order valence-corrected chi connectivity index (χ1v) is 12.3. The number of carbonyl (C=O) groups is 1. The molecule has 2 saturated heterocycles. The Labute approximate surface area is 187 Å². The lowest BCUT2D eigenvalue weighted by molar-refractivity contribution is -0.146. The second-order valence-corrected chi connectivity index (χ2v) is 11.0. The van der Waals surface area contributed by atoms with Gasteiger partial charge in [0, 0.05) is 44.3 Å². The highest BCUT2D eigenvalue weighted by atomic mass is 16.6. The molecule has 0 N–H and O–H groups in total. The molecule has 2 aliphatic heterocycles. The van der Waals surface area contributed by atoms with Crippen LogP contribution in [0, 0.1) is 37.0 Å². The van der Waals surface area contributed by atoms with Gasteiger partial charge in [0.2, 0.25) is 0 Å². The van der Waals surface area contributed by atoms with Crippen molar-refractivity contribution in [2.75, 3.05) is 37.6 Å².